The van der Waals surface area contributed by atoms with E-state index in [1.54, 1.807) is 48.0 Å². The van der Waals surface area contributed by atoms with E-state index < -0.39 is 0 Å². The van der Waals surface area contributed by atoms with E-state index >= 15 is 0 Å². The van der Waals surface area contributed by atoms with E-state index in [0.717, 1.165) is 20.5 Å². The monoisotopic (exact) mass is 389 g/mol. The van der Waals surface area contributed by atoms with Crippen LogP contribution < -0.4 is 20.1 Å². The van der Waals surface area contributed by atoms with E-state index in [1.165, 1.54) is 7.11 Å². The lowest BCUT2D eigenvalue weighted by molar-refractivity contribution is 0.251. The van der Waals surface area contributed by atoms with Crippen molar-refractivity contribution in [2.45, 2.75) is 13.5 Å². The van der Waals surface area contributed by atoms with Crippen molar-refractivity contribution < 1.29 is 14.3 Å². The summed E-state index contributed by atoms with van der Waals surface area (Å²) in [7, 11) is 3.09. The fraction of sp³-hybridized carbons (Fsp3) is 0.222. The summed E-state index contributed by atoms with van der Waals surface area (Å²) >= 11 is 3.25. The number of para-hydroxylation sites is 1. The van der Waals surface area contributed by atoms with Gasteiger partial charge < -0.3 is 20.1 Å². The number of urea groups is 1. The molecule has 26 heavy (non-hydrogen) atoms. The summed E-state index contributed by atoms with van der Waals surface area (Å²) in [5.41, 5.74) is 1.47. The number of aryl methyl sites for hydroxylation is 1. The van der Waals surface area contributed by atoms with Gasteiger partial charge >= 0.3 is 6.03 Å². The number of carbonyl (C=O) groups excluding carboxylic acids is 1. The zero-order valence-corrected chi connectivity index (χ0v) is 16.3. The molecule has 0 fully saturated rings. The standard InChI is InChI=1S/C18H19N3O3S2/c1-11-15(26-17(20-11)14-8-5-9-25-14)10-19-18(22)21-12-6-4-7-13(23-2)16(12)24-3/h4-9H,10H2,1-3H3,(H2,19,21,22). The lowest BCUT2D eigenvalue weighted by Gasteiger charge is -2.13. The number of ether oxygens (including phenoxy) is 2. The average molecular weight is 390 g/mol. The van der Waals surface area contributed by atoms with Gasteiger partial charge in [0.1, 0.15) is 5.01 Å². The molecule has 3 rings (SSSR count). The van der Waals surface area contributed by atoms with Crippen LogP contribution in [0.2, 0.25) is 0 Å². The van der Waals surface area contributed by atoms with Gasteiger partial charge in [-0.1, -0.05) is 12.1 Å². The fourth-order valence-corrected chi connectivity index (χ4v) is 4.21. The minimum absolute atomic E-state index is 0.318. The minimum Gasteiger partial charge on any atom is -0.493 e. The highest BCUT2D eigenvalue weighted by atomic mass is 32.1. The molecule has 3 aromatic rings. The first kappa shape index (κ1) is 18.2. The lowest BCUT2D eigenvalue weighted by Crippen LogP contribution is -2.28. The van der Waals surface area contributed by atoms with Crippen molar-refractivity contribution in [1.82, 2.24) is 10.3 Å². The summed E-state index contributed by atoms with van der Waals surface area (Å²) in [6, 6.07) is 9.05. The molecule has 2 heterocycles. The number of aromatic nitrogens is 1. The number of hydrogen-bond donors (Lipinski definition) is 2. The number of amides is 2. The smallest absolute Gasteiger partial charge is 0.319 e. The molecule has 0 aliphatic heterocycles. The zero-order valence-electron chi connectivity index (χ0n) is 14.7. The van der Waals surface area contributed by atoms with E-state index in [0.29, 0.717) is 23.7 Å². The number of nitrogens with one attached hydrogen (secondary N) is 2. The summed E-state index contributed by atoms with van der Waals surface area (Å²) in [5, 5.41) is 8.66. The van der Waals surface area contributed by atoms with Crippen molar-refractivity contribution in [3.63, 3.8) is 0 Å². The van der Waals surface area contributed by atoms with Crippen molar-refractivity contribution in [3.8, 4) is 21.4 Å². The number of nitrogens with zero attached hydrogens (tertiary/aromatic N) is 1. The molecule has 2 N–H and O–H groups in total. The summed E-state index contributed by atoms with van der Waals surface area (Å²) in [4.78, 5) is 19.0. The Balaban J connectivity index is 1.65. The Hall–Kier alpha value is -2.58. The number of anilines is 1. The third-order valence-electron chi connectivity index (χ3n) is 3.69. The first-order valence-electron chi connectivity index (χ1n) is 7.88. The Morgan fingerprint density at radius 2 is 2.04 bits per heavy atom. The average Bonchev–Trinajstić information content (AvgIpc) is 3.29. The predicted molar refractivity (Wildman–Crippen MR) is 106 cm³/mol. The Kier molecular flexibility index (Phi) is 5.75. The molecule has 0 atom stereocenters. The Labute approximate surface area is 159 Å². The van der Waals surface area contributed by atoms with E-state index in [2.05, 4.69) is 15.6 Å². The third kappa shape index (κ3) is 3.97. The maximum absolute atomic E-state index is 12.3. The van der Waals surface area contributed by atoms with Gasteiger partial charge in [-0.15, -0.1) is 22.7 Å². The highest BCUT2D eigenvalue weighted by Crippen LogP contribution is 2.34. The molecule has 6 nitrogen and oxygen atoms in total. The SMILES string of the molecule is COc1cccc(NC(=O)NCc2sc(-c3cccs3)nc2C)c1OC. The van der Waals surface area contributed by atoms with Gasteiger partial charge in [-0.05, 0) is 30.5 Å². The number of hydrogen-bond acceptors (Lipinski definition) is 6. The molecule has 0 aliphatic rings. The molecule has 0 bridgehead atoms. The molecule has 0 spiro atoms. The van der Waals surface area contributed by atoms with Gasteiger partial charge in [0, 0.05) is 4.88 Å². The van der Waals surface area contributed by atoms with Crippen LogP contribution in [0.4, 0.5) is 10.5 Å². The first-order valence-corrected chi connectivity index (χ1v) is 9.58. The van der Waals surface area contributed by atoms with Gasteiger partial charge in [0.05, 0.1) is 37.0 Å². The summed E-state index contributed by atoms with van der Waals surface area (Å²) < 4.78 is 10.6. The normalized spacial score (nSPS) is 10.4. The highest BCUT2D eigenvalue weighted by Gasteiger charge is 2.14. The molecule has 0 unspecified atom stereocenters. The number of rotatable bonds is 6. The number of methoxy groups -OCH3 is 2. The second kappa shape index (κ2) is 8.20. The molecule has 1 aromatic carbocycles. The van der Waals surface area contributed by atoms with Crippen LogP contribution in [-0.4, -0.2) is 25.2 Å². The van der Waals surface area contributed by atoms with E-state index in [-0.39, 0.29) is 6.03 Å². The zero-order chi connectivity index (χ0) is 18.5. The Bertz CT molecular complexity index is 891. The van der Waals surface area contributed by atoms with E-state index in [9.17, 15) is 4.79 Å². The van der Waals surface area contributed by atoms with Crippen LogP contribution in [0.25, 0.3) is 9.88 Å². The van der Waals surface area contributed by atoms with Crippen molar-refractivity contribution >= 4 is 34.4 Å². The van der Waals surface area contributed by atoms with Gasteiger partial charge in [0.15, 0.2) is 11.5 Å². The molecule has 2 aromatic heterocycles. The largest absolute Gasteiger partial charge is 0.493 e. The number of thiazole rings is 1. The second-order valence-electron chi connectivity index (χ2n) is 5.35. The van der Waals surface area contributed by atoms with Gasteiger partial charge in [-0.2, -0.15) is 0 Å². The van der Waals surface area contributed by atoms with Gasteiger partial charge in [-0.25, -0.2) is 9.78 Å². The van der Waals surface area contributed by atoms with Gasteiger partial charge in [0.25, 0.3) is 0 Å². The maximum atomic E-state index is 12.3. The summed E-state index contributed by atoms with van der Waals surface area (Å²) in [6.45, 7) is 2.36. The molecule has 8 heteroatoms. The first-order chi connectivity index (χ1) is 12.6. The quantitative estimate of drug-likeness (QED) is 0.650. The van der Waals surface area contributed by atoms with Crippen LogP contribution in [-0.2, 0) is 6.54 Å². The lowest BCUT2D eigenvalue weighted by atomic mass is 10.2. The topological polar surface area (TPSA) is 72.5 Å². The van der Waals surface area contributed by atoms with Crippen LogP contribution in [0.3, 0.4) is 0 Å². The van der Waals surface area contributed by atoms with Gasteiger partial charge in [-0.3, -0.25) is 0 Å². The summed E-state index contributed by atoms with van der Waals surface area (Å²) in [6.07, 6.45) is 0. The van der Waals surface area contributed by atoms with Crippen molar-refractivity contribution in [1.29, 1.82) is 0 Å². The maximum Gasteiger partial charge on any atom is 0.319 e. The minimum atomic E-state index is -0.318. The van der Waals surface area contributed by atoms with Gasteiger partial charge in [0.2, 0.25) is 0 Å². The van der Waals surface area contributed by atoms with Crippen LogP contribution in [0.15, 0.2) is 35.7 Å². The van der Waals surface area contributed by atoms with Crippen LogP contribution in [0.5, 0.6) is 11.5 Å². The van der Waals surface area contributed by atoms with Crippen molar-refractivity contribution in [2.24, 2.45) is 0 Å². The number of benzene rings is 1. The van der Waals surface area contributed by atoms with Crippen molar-refractivity contribution in [3.05, 3.63) is 46.3 Å². The van der Waals surface area contributed by atoms with E-state index in [4.69, 9.17) is 9.47 Å². The van der Waals surface area contributed by atoms with Crippen LogP contribution >= 0.6 is 22.7 Å². The van der Waals surface area contributed by atoms with Crippen LogP contribution in [0, 0.1) is 6.92 Å². The Morgan fingerprint density at radius 1 is 1.19 bits per heavy atom. The molecule has 0 saturated heterocycles. The number of carbonyl (C=O) groups is 1. The molecule has 0 saturated carbocycles. The second-order valence-corrected chi connectivity index (χ2v) is 7.38. The fourth-order valence-electron chi connectivity index (χ4n) is 2.41. The number of thiophene rings is 1. The molecule has 0 radical (unpaired) electrons. The molecular weight excluding hydrogens is 370 g/mol. The third-order valence-corrected chi connectivity index (χ3v) is 5.88. The highest BCUT2D eigenvalue weighted by molar-refractivity contribution is 7.21. The molecule has 0 aliphatic carbocycles. The molecular formula is C18H19N3O3S2. The van der Waals surface area contributed by atoms with Crippen LogP contribution in [0.1, 0.15) is 10.6 Å². The van der Waals surface area contributed by atoms with E-state index in [1.807, 2.05) is 24.4 Å². The van der Waals surface area contributed by atoms with Crippen molar-refractivity contribution in [2.75, 3.05) is 19.5 Å². The molecule has 136 valence electrons. The Morgan fingerprint density at radius 3 is 2.73 bits per heavy atom. The molecule has 2 amide bonds. The predicted octanol–water partition coefficient (Wildman–Crippen LogP) is 4.52. The summed E-state index contributed by atoms with van der Waals surface area (Å²) in [5.74, 6) is 1.04.